The predicted molar refractivity (Wildman–Crippen MR) is 168 cm³/mol. The van der Waals surface area contributed by atoms with Gasteiger partial charge in [0.25, 0.3) is 0 Å². The van der Waals surface area contributed by atoms with E-state index in [1.807, 2.05) is 44.2 Å². The third-order valence-electron chi connectivity index (χ3n) is 6.89. The Kier molecular flexibility index (Phi) is 10.8. The minimum Gasteiger partial charge on any atom is -0.454 e. The van der Waals surface area contributed by atoms with E-state index in [4.69, 9.17) is 32.7 Å². The molecule has 1 aliphatic rings. The molecule has 0 fully saturated rings. The minimum absolute atomic E-state index is 0.00168. The molecule has 1 heterocycles. The molecule has 9 nitrogen and oxygen atoms in total. The summed E-state index contributed by atoms with van der Waals surface area (Å²) in [5, 5.41) is 3.69. The summed E-state index contributed by atoms with van der Waals surface area (Å²) in [5.41, 5.74) is 1.80. The number of hydrogen-bond acceptors (Lipinski definition) is 6. The molecular formula is C31H35Cl2N3O6S. The zero-order chi connectivity index (χ0) is 31.1. The Labute approximate surface area is 262 Å². The summed E-state index contributed by atoms with van der Waals surface area (Å²) in [4.78, 5) is 29.0. The molecule has 0 saturated heterocycles. The summed E-state index contributed by atoms with van der Waals surface area (Å²) < 4.78 is 37.5. The van der Waals surface area contributed by atoms with Crippen LogP contribution >= 0.6 is 23.2 Å². The molecule has 43 heavy (non-hydrogen) atoms. The zero-order valence-corrected chi connectivity index (χ0v) is 26.6. The summed E-state index contributed by atoms with van der Waals surface area (Å²) >= 11 is 13.0. The van der Waals surface area contributed by atoms with Gasteiger partial charge in [0, 0.05) is 53.6 Å². The standard InChI is InChI=1S/C31H35Cl2N3O6S/c1-21(2)34-31(38)27(17-22-9-5-4-6-10-22)35(19-24-25(32)11-7-12-26(24)33)30(37)13-8-16-36(43(3,39)40)23-14-15-28-29(18-23)42-20-41-28/h4-7,9-12,14-15,18,21,27H,8,13,16-17,19-20H2,1-3H3,(H,34,38). The van der Waals surface area contributed by atoms with Crippen molar-refractivity contribution in [2.75, 3.05) is 23.9 Å². The fourth-order valence-electron chi connectivity index (χ4n) is 4.83. The third-order valence-corrected chi connectivity index (χ3v) is 8.79. The Morgan fingerprint density at radius 2 is 1.63 bits per heavy atom. The number of sulfonamides is 1. The van der Waals surface area contributed by atoms with Crippen LogP contribution in [-0.4, -0.2) is 56.8 Å². The number of nitrogens with one attached hydrogen (secondary N) is 1. The second-order valence-corrected chi connectivity index (χ2v) is 13.3. The highest BCUT2D eigenvalue weighted by molar-refractivity contribution is 7.92. The molecule has 4 rings (SSSR count). The first kappa shape index (κ1) is 32.4. The highest BCUT2D eigenvalue weighted by Gasteiger charge is 2.32. The second-order valence-electron chi connectivity index (χ2n) is 10.6. The lowest BCUT2D eigenvalue weighted by molar-refractivity contribution is -0.141. The Morgan fingerprint density at radius 1 is 0.953 bits per heavy atom. The van der Waals surface area contributed by atoms with Crippen LogP contribution in [-0.2, 0) is 32.6 Å². The highest BCUT2D eigenvalue weighted by atomic mass is 35.5. The van der Waals surface area contributed by atoms with Gasteiger partial charge in [0.2, 0.25) is 28.6 Å². The molecule has 0 aromatic heterocycles. The molecular weight excluding hydrogens is 613 g/mol. The van der Waals surface area contributed by atoms with Crippen molar-refractivity contribution in [2.45, 2.75) is 51.7 Å². The lowest BCUT2D eigenvalue weighted by Crippen LogP contribution is -2.52. The molecule has 0 spiro atoms. The van der Waals surface area contributed by atoms with Gasteiger partial charge in [0.15, 0.2) is 11.5 Å². The van der Waals surface area contributed by atoms with Gasteiger partial charge in [0.1, 0.15) is 6.04 Å². The predicted octanol–water partition coefficient (Wildman–Crippen LogP) is 5.43. The minimum atomic E-state index is -3.68. The largest absolute Gasteiger partial charge is 0.454 e. The molecule has 1 aliphatic heterocycles. The topological polar surface area (TPSA) is 105 Å². The number of ether oxygens (including phenoxy) is 2. The normalized spacial score (nSPS) is 13.1. The van der Waals surface area contributed by atoms with Crippen LogP contribution in [0.2, 0.25) is 10.0 Å². The van der Waals surface area contributed by atoms with Gasteiger partial charge in [-0.1, -0.05) is 59.6 Å². The van der Waals surface area contributed by atoms with Crippen LogP contribution in [0, 0.1) is 0 Å². The third kappa shape index (κ3) is 8.55. The Balaban J connectivity index is 1.61. The van der Waals surface area contributed by atoms with E-state index in [9.17, 15) is 18.0 Å². The van der Waals surface area contributed by atoms with Crippen molar-refractivity contribution < 1.29 is 27.5 Å². The van der Waals surface area contributed by atoms with Crippen molar-refractivity contribution in [1.29, 1.82) is 0 Å². The second kappa shape index (κ2) is 14.3. The number of rotatable bonds is 13. The van der Waals surface area contributed by atoms with Crippen LogP contribution in [0.1, 0.15) is 37.8 Å². The van der Waals surface area contributed by atoms with Gasteiger partial charge in [-0.2, -0.15) is 0 Å². The molecule has 1 atom stereocenters. The number of benzene rings is 3. The number of nitrogens with zero attached hydrogens (tertiary/aromatic N) is 2. The van der Waals surface area contributed by atoms with Crippen LogP contribution in [0.3, 0.4) is 0 Å². The fourth-order valence-corrected chi connectivity index (χ4v) is 6.31. The van der Waals surface area contributed by atoms with Gasteiger partial charge in [-0.05, 0) is 50.1 Å². The molecule has 0 aliphatic carbocycles. The number of hydrogen-bond donors (Lipinski definition) is 1. The number of amides is 2. The average molecular weight is 649 g/mol. The summed E-state index contributed by atoms with van der Waals surface area (Å²) in [5.74, 6) is 0.332. The number of halogens is 2. The first-order valence-electron chi connectivity index (χ1n) is 13.9. The Morgan fingerprint density at radius 3 is 2.28 bits per heavy atom. The molecule has 12 heteroatoms. The van der Waals surface area contributed by atoms with Crippen LogP contribution in [0.15, 0.2) is 66.7 Å². The lowest BCUT2D eigenvalue weighted by atomic mass is 10.0. The maximum atomic E-state index is 14.0. The zero-order valence-electron chi connectivity index (χ0n) is 24.3. The van der Waals surface area contributed by atoms with Gasteiger partial charge in [-0.15, -0.1) is 0 Å². The van der Waals surface area contributed by atoms with Gasteiger partial charge < -0.3 is 19.7 Å². The number of anilines is 1. The van der Waals surface area contributed by atoms with Crippen molar-refractivity contribution in [3.05, 3.63) is 87.9 Å². The summed E-state index contributed by atoms with van der Waals surface area (Å²) in [6, 6.07) is 18.4. The van der Waals surface area contributed by atoms with Crippen molar-refractivity contribution in [3.63, 3.8) is 0 Å². The molecule has 3 aromatic rings. The number of fused-ring (bicyclic) bond motifs is 1. The molecule has 2 amide bonds. The van der Waals surface area contributed by atoms with E-state index in [-0.39, 0.29) is 57.0 Å². The van der Waals surface area contributed by atoms with Crippen molar-refractivity contribution in [3.8, 4) is 11.5 Å². The SMILES string of the molecule is CC(C)NC(=O)C(Cc1ccccc1)N(Cc1c(Cl)cccc1Cl)C(=O)CCCN(c1ccc2c(c1)OCO2)S(C)(=O)=O. The monoisotopic (exact) mass is 647 g/mol. The van der Waals surface area contributed by atoms with Crippen LogP contribution in [0.5, 0.6) is 11.5 Å². The van der Waals surface area contributed by atoms with E-state index in [1.54, 1.807) is 36.4 Å². The van der Waals surface area contributed by atoms with Crippen LogP contribution < -0.4 is 19.1 Å². The van der Waals surface area contributed by atoms with Crippen molar-refractivity contribution in [2.24, 2.45) is 0 Å². The quantitative estimate of drug-likeness (QED) is 0.265. The number of carbonyl (C=O) groups is 2. The Hall–Kier alpha value is -3.47. The lowest BCUT2D eigenvalue weighted by Gasteiger charge is -2.33. The first-order valence-corrected chi connectivity index (χ1v) is 16.5. The van der Waals surface area contributed by atoms with Crippen LogP contribution in [0.25, 0.3) is 0 Å². The van der Waals surface area contributed by atoms with Crippen LogP contribution in [0.4, 0.5) is 5.69 Å². The highest BCUT2D eigenvalue weighted by Crippen LogP contribution is 2.36. The number of carbonyl (C=O) groups excluding carboxylic acids is 2. The van der Waals surface area contributed by atoms with Crippen molar-refractivity contribution in [1.82, 2.24) is 10.2 Å². The van der Waals surface area contributed by atoms with Gasteiger partial charge >= 0.3 is 0 Å². The van der Waals surface area contributed by atoms with E-state index in [0.29, 0.717) is 32.8 Å². The maximum Gasteiger partial charge on any atom is 0.243 e. The van der Waals surface area contributed by atoms with Gasteiger partial charge in [0.05, 0.1) is 11.9 Å². The van der Waals surface area contributed by atoms with Gasteiger partial charge in [-0.3, -0.25) is 13.9 Å². The maximum absolute atomic E-state index is 14.0. The summed E-state index contributed by atoms with van der Waals surface area (Å²) in [6.45, 7) is 3.80. The average Bonchev–Trinajstić information content (AvgIpc) is 3.42. The summed E-state index contributed by atoms with van der Waals surface area (Å²) in [6.07, 6.45) is 1.53. The van der Waals surface area contributed by atoms with E-state index in [2.05, 4.69) is 5.32 Å². The van der Waals surface area contributed by atoms with E-state index in [1.165, 1.54) is 9.21 Å². The molecule has 3 aromatic carbocycles. The van der Waals surface area contributed by atoms with E-state index >= 15 is 0 Å². The molecule has 0 radical (unpaired) electrons. The molecule has 0 saturated carbocycles. The molecule has 0 bridgehead atoms. The van der Waals surface area contributed by atoms with E-state index in [0.717, 1.165) is 11.8 Å². The molecule has 1 N–H and O–H groups in total. The smallest absolute Gasteiger partial charge is 0.243 e. The molecule has 230 valence electrons. The van der Waals surface area contributed by atoms with Gasteiger partial charge in [-0.25, -0.2) is 8.42 Å². The molecule has 1 unspecified atom stereocenters. The van der Waals surface area contributed by atoms with Crippen molar-refractivity contribution >= 4 is 50.7 Å². The fraction of sp³-hybridized carbons (Fsp3) is 0.355. The Bertz CT molecular complexity index is 1530. The van der Waals surface area contributed by atoms with E-state index < -0.39 is 16.1 Å². The first-order chi connectivity index (χ1) is 20.4. The summed E-state index contributed by atoms with van der Waals surface area (Å²) in [7, 11) is -3.68.